The Morgan fingerprint density at radius 1 is 0.964 bits per heavy atom. The van der Waals surface area contributed by atoms with Crippen molar-refractivity contribution in [2.75, 3.05) is 26.2 Å². The Morgan fingerprint density at radius 3 is 2.32 bits per heavy atom. The molecule has 150 valence electrons. The van der Waals surface area contributed by atoms with E-state index in [1.54, 1.807) is 18.4 Å². The average molecular weight is 385 g/mol. The number of carbonyl (C=O) groups excluding carboxylic acids is 2. The lowest BCUT2D eigenvalue weighted by molar-refractivity contribution is -0.127. The molecule has 0 bridgehead atoms. The van der Waals surface area contributed by atoms with E-state index in [0.717, 1.165) is 57.6 Å². The molecule has 4 rings (SSSR count). The number of furan rings is 2. The zero-order valence-electron chi connectivity index (χ0n) is 16.0. The summed E-state index contributed by atoms with van der Waals surface area (Å²) in [6, 6.07) is 7.65. The molecule has 7 nitrogen and oxygen atoms in total. The first-order chi connectivity index (χ1) is 13.7. The van der Waals surface area contributed by atoms with Crippen LogP contribution in [0.2, 0.25) is 0 Å². The van der Waals surface area contributed by atoms with Gasteiger partial charge in [-0.25, -0.2) is 0 Å². The van der Waals surface area contributed by atoms with E-state index < -0.39 is 0 Å². The van der Waals surface area contributed by atoms with Crippen LogP contribution in [-0.2, 0) is 11.3 Å². The number of likely N-dealkylation sites (tertiary alicyclic amines) is 2. The van der Waals surface area contributed by atoms with E-state index in [2.05, 4.69) is 10.2 Å². The van der Waals surface area contributed by atoms with Gasteiger partial charge in [-0.3, -0.25) is 9.59 Å². The summed E-state index contributed by atoms with van der Waals surface area (Å²) in [5.41, 5.74) is 0. The number of hydrogen-bond acceptors (Lipinski definition) is 5. The van der Waals surface area contributed by atoms with Gasteiger partial charge in [0, 0.05) is 25.0 Å². The Balaban J connectivity index is 1.19. The highest BCUT2D eigenvalue weighted by molar-refractivity contribution is 5.91. The van der Waals surface area contributed by atoms with Crippen LogP contribution in [0.25, 0.3) is 0 Å². The van der Waals surface area contributed by atoms with E-state index in [1.165, 1.54) is 6.26 Å². The highest BCUT2D eigenvalue weighted by Crippen LogP contribution is 2.25. The maximum absolute atomic E-state index is 12.4. The normalized spacial score (nSPS) is 19.6. The van der Waals surface area contributed by atoms with Crippen molar-refractivity contribution in [3.63, 3.8) is 0 Å². The van der Waals surface area contributed by atoms with Crippen LogP contribution >= 0.6 is 0 Å². The molecule has 4 heterocycles. The van der Waals surface area contributed by atoms with Crippen molar-refractivity contribution in [3.05, 3.63) is 48.3 Å². The molecule has 0 unspecified atom stereocenters. The number of hydrogen-bond donors (Lipinski definition) is 1. The van der Waals surface area contributed by atoms with Crippen LogP contribution in [0.1, 0.15) is 42.0 Å². The van der Waals surface area contributed by atoms with Crippen molar-refractivity contribution in [3.8, 4) is 0 Å². The van der Waals surface area contributed by atoms with Gasteiger partial charge in [-0.2, -0.15) is 0 Å². The molecule has 2 fully saturated rings. The number of rotatable bonds is 5. The van der Waals surface area contributed by atoms with Crippen LogP contribution < -0.4 is 5.32 Å². The monoisotopic (exact) mass is 385 g/mol. The molecule has 0 aromatic carbocycles. The predicted molar refractivity (Wildman–Crippen MR) is 102 cm³/mol. The molecular formula is C21H27N3O4. The Kier molecular flexibility index (Phi) is 5.81. The van der Waals surface area contributed by atoms with Gasteiger partial charge in [0.25, 0.3) is 5.91 Å². The molecule has 2 aliphatic rings. The summed E-state index contributed by atoms with van der Waals surface area (Å²) in [4.78, 5) is 29.1. The van der Waals surface area contributed by atoms with Gasteiger partial charge >= 0.3 is 0 Å². The molecule has 0 saturated carbocycles. The molecule has 2 aromatic rings. The van der Waals surface area contributed by atoms with Crippen molar-refractivity contribution >= 4 is 11.8 Å². The van der Waals surface area contributed by atoms with Gasteiger partial charge in [-0.1, -0.05) is 0 Å². The molecule has 0 radical (unpaired) electrons. The summed E-state index contributed by atoms with van der Waals surface area (Å²) in [6.45, 7) is 3.85. The third kappa shape index (κ3) is 4.30. The van der Waals surface area contributed by atoms with Crippen LogP contribution in [0.4, 0.5) is 0 Å². The van der Waals surface area contributed by atoms with Gasteiger partial charge in [0.05, 0.1) is 19.1 Å². The van der Waals surface area contributed by atoms with Crippen LogP contribution in [0.15, 0.2) is 45.6 Å². The fourth-order valence-electron chi connectivity index (χ4n) is 4.25. The maximum Gasteiger partial charge on any atom is 0.289 e. The van der Waals surface area contributed by atoms with E-state index in [-0.39, 0.29) is 17.7 Å². The summed E-state index contributed by atoms with van der Waals surface area (Å²) < 4.78 is 10.5. The Labute approximate surface area is 164 Å². The van der Waals surface area contributed by atoms with Crippen LogP contribution in [0.3, 0.4) is 0 Å². The SMILES string of the molecule is O=C(NCc1ccco1)C1CCN(C2CCN(C(=O)c3ccco3)CC2)CC1. The summed E-state index contributed by atoms with van der Waals surface area (Å²) >= 11 is 0. The number of carbonyl (C=O) groups is 2. The van der Waals surface area contributed by atoms with Crippen molar-refractivity contribution in [1.29, 1.82) is 0 Å². The van der Waals surface area contributed by atoms with Gasteiger partial charge in [-0.15, -0.1) is 0 Å². The first-order valence-corrected chi connectivity index (χ1v) is 10.1. The van der Waals surface area contributed by atoms with Gasteiger partial charge < -0.3 is 24.0 Å². The summed E-state index contributed by atoms with van der Waals surface area (Å²) in [5.74, 6) is 1.37. The molecule has 28 heavy (non-hydrogen) atoms. The van der Waals surface area contributed by atoms with Crippen LogP contribution in [-0.4, -0.2) is 53.8 Å². The second-order valence-corrected chi connectivity index (χ2v) is 7.61. The third-order valence-corrected chi connectivity index (χ3v) is 5.92. The lowest BCUT2D eigenvalue weighted by atomic mass is 9.92. The molecule has 7 heteroatoms. The fraction of sp³-hybridized carbons (Fsp3) is 0.524. The number of amides is 2. The smallest absolute Gasteiger partial charge is 0.289 e. The minimum Gasteiger partial charge on any atom is -0.467 e. The molecule has 1 N–H and O–H groups in total. The van der Waals surface area contributed by atoms with Gasteiger partial charge in [0.1, 0.15) is 5.76 Å². The van der Waals surface area contributed by atoms with Crippen molar-refractivity contribution < 1.29 is 18.4 Å². The van der Waals surface area contributed by atoms with E-state index in [9.17, 15) is 9.59 Å². The minimum atomic E-state index is -0.0182. The van der Waals surface area contributed by atoms with Crippen molar-refractivity contribution in [2.24, 2.45) is 5.92 Å². The Hall–Kier alpha value is -2.54. The maximum atomic E-state index is 12.4. The van der Waals surface area contributed by atoms with Gasteiger partial charge in [-0.05, 0) is 63.0 Å². The Morgan fingerprint density at radius 2 is 1.68 bits per heavy atom. The number of piperidine rings is 2. The molecule has 2 saturated heterocycles. The quantitative estimate of drug-likeness (QED) is 0.856. The second kappa shape index (κ2) is 8.65. The fourth-order valence-corrected chi connectivity index (χ4v) is 4.25. The van der Waals surface area contributed by atoms with Crippen molar-refractivity contribution in [1.82, 2.24) is 15.1 Å². The zero-order valence-corrected chi connectivity index (χ0v) is 16.0. The predicted octanol–water partition coefficient (Wildman–Crippen LogP) is 2.51. The van der Waals surface area contributed by atoms with E-state index in [0.29, 0.717) is 18.3 Å². The van der Waals surface area contributed by atoms with Crippen LogP contribution in [0, 0.1) is 5.92 Å². The highest BCUT2D eigenvalue weighted by atomic mass is 16.3. The zero-order chi connectivity index (χ0) is 19.3. The van der Waals surface area contributed by atoms with Crippen LogP contribution in [0.5, 0.6) is 0 Å². The largest absolute Gasteiger partial charge is 0.467 e. The van der Waals surface area contributed by atoms with Gasteiger partial charge in [0.15, 0.2) is 5.76 Å². The second-order valence-electron chi connectivity index (χ2n) is 7.61. The number of nitrogens with zero attached hydrogens (tertiary/aromatic N) is 2. The van der Waals surface area contributed by atoms with E-state index in [1.807, 2.05) is 17.0 Å². The lowest BCUT2D eigenvalue weighted by Gasteiger charge is -2.41. The lowest BCUT2D eigenvalue weighted by Crippen LogP contribution is -2.50. The molecule has 2 amide bonds. The molecular weight excluding hydrogens is 358 g/mol. The first-order valence-electron chi connectivity index (χ1n) is 10.1. The molecule has 0 aliphatic carbocycles. The first kappa shape index (κ1) is 18.8. The topological polar surface area (TPSA) is 78.9 Å². The summed E-state index contributed by atoms with van der Waals surface area (Å²) in [7, 11) is 0. The Bertz CT molecular complexity index is 756. The third-order valence-electron chi connectivity index (χ3n) is 5.92. The summed E-state index contributed by atoms with van der Waals surface area (Å²) in [5, 5.41) is 2.98. The minimum absolute atomic E-state index is 0.0182. The highest BCUT2D eigenvalue weighted by Gasteiger charge is 2.32. The standard InChI is InChI=1S/C21H27N3O4/c25-20(22-15-18-3-1-13-27-18)16-5-9-23(10-6-16)17-7-11-24(12-8-17)21(26)19-4-2-14-28-19/h1-4,13-14,16-17H,5-12,15H2,(H,22,25). The number of nitrogens with one attached hydrogen (secondary N) is 1. The molecule has 2 aromatic heterocycles. The molecule has 0 spiro atoms. The van der Waals surface area contributed by atoms with E-state index in [4.69, 9.17) is 8.83 Å². The summed E-state index contributed by atoms with van der Waals surface area (Å²) in [6.07, 6.45) is 6.87. The van der Waals surface area contributed by atoms with E-state index >= 15 is 0 Å². The average Bonchev–Trinajstić information content (AvgIpc) is 3.46. The molecule has 0 atom stereocenters. The van der Waals surface area contributed by atoms with Gasteiger partial charge in [0.2, 0.25) is 5.91 Å². The molecule has 2 aliphatic heterocycles. The van der Waals surface area contributed by atoms with Crippen molar-refractivity contribution in [2.45, 2.75) is 38.3 Å².